The molecule has 2 fully saturated rings. The number of nitrogens with one attached hydrogen (secondary N) is 1. The molecule has 2 aromatic heterocycles. The number of rotatable bonds is 8. The van der Waals surface area contributed by atoms with Crippen LogP contribution in [0.5, 0.6) is 11.8 Å². The number of hydrogen-bond acceptors (Lipinski definition) is 13. The van der Waals surface area contributed by atoms with Gasteiger partial charge in [-0.05, 0) is 93.1 Å². The van der Waals surface area contributed by atoms with Gasteiger partial charge >= 0.3 is 5.88 Å². The van der Waals surface area contributed by atoms with Crippen molar-refractivity contribution in [3.63, 3.8) is 0 Å². The molecule has 14 nitrogen and oxygen atoms in total. The molecule has 0 radical (unpaired) electrons. The Morgan fingerprint density at radius 3 is 1.69 bits per heavy atom. The number of carbonyl (C=O) groups excluding carboxylic acids is 4. The number of nitrogens with zero attached hydrogens (tertiary/aromatic N) is 3. The Balaban J connectivity index is 0.000000150. The normalized spacial score (nSPS) is 29.0. The summed E-state index contributed by atoms with van der Waals surface area (Å²) in [4.78, 5) is 56.4. The van der Waals surface area contributed by atoms with E-state index in [-0.39, 0.29) is 48.2 Å². The number of ether oxygens (including phenoxy) is 2. The van der Waals surface area contributed by atoms with Gasteiger partial charge in [-0.3, -0.25) is 29.0 Å². The third-order valence-electron chi connectivity index (χ3n) is 12.5. The standard InChI is InChI=1S/2C22H22N2O5/c2*25-16-10-6-9-15-18(24-11-4-5-12-24)19-17(20(26)22(15,16)27)21(23-29-19)28-13-14-7-2-1-3-8-14/h2*1-3,6-8,10,15,18,27H,4-5,9,11-13H2/p+1/t15?,18-,22+;15?,18-,22-/m00/s1. The molecule has 58 heavy (non-hydrogen) atoms. The van der Waals surface area contributed by atoms with Crippen molar-refractivity contribution in [2.45, 2.75) is 75.0 Å². The summed E-state index contributed by atoms with van der Waals surface area (Å²) in [7, 11) is 0. The number of Topliss-reactive ketones (excluding diaryl/α,β-unsaturated/α-hetero) is 2. The third kappa shape index (κ3) is 6.26. The maximum Gasteiger partial charge on any atom is 0.424 e. The second-order valence-electron chi connectivity index (χ2n) is 15.8. The van der Waals surface area contributed by atoms with Crippen LogP contribution in [0.3, 0.4) is 0 Å². The molecule has 0 spiro atoms. The van der Waals surface area contributed by atoms with Crippen LogP contribution in [0.25, 0.3) is 0 Å². The molecular weight excluding hydrogens is 745 g/mol. The zero-order valence-corrected chi connectivity index (χ0v) is 31.9. The number of likely N-dealkylation sites (tertiary alicyclic amines) is 2. The number of fused-ring (bicyclic) bond motifs is 4. The number of benzene rings is 2. The zero-order chi connectivity index (χ0) is 40.0. The number of aliphatic hydroxyl groups is 2. The average molecular weight is 790 g/mol. The van der Waals surface area contributed by atoms with Gasteiger partial charge in [0.05, 0.1) is 12.1 Å². The van der Waals surface area contributed by atoms with E-state index in [1.807, 2.05) is 60.7 Å². The highest BCUT2D eigenvalue weighted by molar-refractivity contribution is 6.24. The van der Waals surface area contributed by atoms with Crippen LogP contribution < -0.4 is 14.6 Å². The van der Waals surface area contributed by atoms with Crippen LogP contribution in [-0.2, 0) is 22.8 Å². The van der Waals surface area contributed by atoms with E-state index in [2.05, 4.69) is 20.1 Å². The topological polar surface area (TPSA) is 187 Å². The molecule has 6 aliphatic rings. The first-order valence-electron chi connectivity index (χ1n) is 20.0. The van der Waals surface area contributed by atoms with Crippen LogP contribution in [0.4, 0.5) is 0 Å². The fraction of sp³-hybridized carbons (Fsp3) is 0.409. The van der Waals surface area contributed by atoms with Crippen LogP contribution in [0.1, 0.15) is 94.0 Å². The van der Waals surface area contributed by atoms with Gasteiger partial charge in [0.2, 0.25) is 17.3 Å². The summed E-state index contributed by atoms with van der Waals surface area (Å²) >= 11 is 0. The minimum Gasteiger partial charge on any atom is -0.470 e. The first kappa shape index (κ1) is 38.0. The van der Waals surface area contributed by atoms with E-state index in [1.165, 1.54) is 12.2 Å². The van der Waals surface area contributed by atoms with Crippen molar-refractivity contribution >= 4 is 23.1 Å². The third-order valence-corrected chi connectivity index (χ3v) is 12.5. The van der Waals surface area contributed by atoms with Crippen molar-refractivity contribution in [2.24, 2.45) is 11.8 Å². The van der Waals surface area contributed by atoms with Crippen LogP contribution in [0.15, 0.2) is 94.0 Å². The van der Waals surface area contributed by atoms with E-state index < -0.39 is 46.2 Å². The lowest BCUT2D eigenvalue weighted by atomic mass is 9.65. The fourth-order valence-corrected chi connectivity index (χ4v) is 9.60. The lowest BCUT2D eigenvalue weighted by Crippen LogP contribution is -2.60. The van der Waals surface area contributed by atoms with Gasteiger partial charge < -0.3 is 24.2 Å². The predicted octanol–water partition coefficient (Wildman–Crippen LogP) is 4.35. The molecule has 2 unspecified atom stereocenters. The number of ketones is 4. The second-order valence-corrected chi connectivity index (χ2v) is 15.8. The smallest absolute Gasteiger partial charge is 0.424 e. The van der Waals surface area contributed by atoms with Crippen LogP contribution in [-0.4, -0.2) is 85.7 Å². The summed E-state index contributed by atoms with van der Waals surface area (Å²) in [6, 6.07) is 18.3. The van der Waals surface area contributed by atoms with Gasteiger partial charge in [0.25, 0.3) is 5.88 Å². The number of H-pyrrole nitrogens is 1. The lowest BCUT2D eigenvalue weighted by Gasteiger charge is -2.44. The minimum absolute atomic E-state index is 0.0345. The maximum absolute atomic E-state index is 13.4. The maximum atomic E-state index is 13.4. The van der Waals surface area contributed by atoms with Gasteiger partial charge in [-0.1, -0.05) is 72.8 Å². The summed E-state index contributed by atoms with van der Waals surface area (Å²) < 4.78 is 23.0. The monoisotopic (exact) mass is 789 g/mol. The Bertz CT molecular complexity index is 2110. The van der Waals surface area contributed by atoms with Crippen LogP contribution in [0.2, 0.25) is 0 Å². The van der Waals surface area contributed by atoms with Gasteiger partial charge in [-0.15, -0.1) is 0 Å². The van der Waals surface area contributed by atoms with Gasteiger partial charge in [-0.2, -0.15) is 0 Å². The van der Waals surface area contributed by atoms with Gasteiger partial charge in [0.15, 0.2) is 34.1 Å². The Morgan fingerprint density at radius 2 is 1.16 bits per heavy atom. The molecule has 3 N–H and O–H groups in total. The van der Waals surface area contributed by atoms with Crippen molar-refractivity contribution in [3.05, 3.63) is 119 Å². The molecular formula is C44H45N4O10+. The quantitative estimate of drug-likeness (QED) is 0.240. The highest BCUT2D eigenvalue weighted by atomic mass is 16.5. The van der Waals surface area contributed by atoms with Crippen LogP contribution in [0, 0.1) is 11.8 Å². The van der Waals surface area contributed by atoms with E-state index in [0.29, 0.717) is 24.4 Å². The molecule has 300 valence electrons. The fourth-order valence-electron chi connectivity index (χ4n) is 9.60. The summed E-state index contributed by atoms with van der Waals surface area (Å²) in [5, 5.41) is 29.4. The van der Waals surface area contributed by atoms with Crippen molar-refractivity contribution in [1.29, 1.82) is 0 Å². The zero-order valence-electron chi connectivity index (χ0n) is 31.9. The van der Waals surface area contributed by atoms with E-state index in [9.17, 15) is 29.4 Å². The molecule has 14 heteroatoms. The van der Waals surface area contributed by atoms with E-state index in [1.54, 1.807) is 12.2 Å². The van der Waals surface area contributed by atoms with Crippen molar-refractivity contribution in [3.8, 4) is 11.8 Å². The lowest BCUT2D eigenvalue weighted by molar-refractivity contribution is -0.617. The summed E-state index contributed by atoms with van der Waals surface area (Å²) in [6.07, 6.45) is 11.1. The molecule has 0 saturated carbocycles. The summed E-state index contributed by atoms with van der Waals surface area (Å²) in [5.74, 6) is -2.57. The Labute approximate surface area is 334 Å². The first-order chi connectivity index (χ1) is 28.2. The highest BCUT2D eigenvalue weighted by Crippen LogP contribution is 2.52. The molecule has 6 atom stereocenters. The number of aromatic amines is 1. The molecule has 4 heterocycles. The van der Waals surface area contributed by atoms with Gasteiger partial charge in [0.1, 0.15) is 18.8 Å². The molecule has 4 aliphatic carbocycles. The van der Waals surface area contributed by atoms with Crippen LogP contribution >= 0.6 is 0 Å². The van der Waals surface area contributed by atoms with Gasteiger partial charge in [0, 0.05) is 17.0 Å². The van der Waals surface area contributed by atoms with Crippen molar-refractivity contribution in [1.82, 2.24) is 15.0 Å². The summed E-state index contributed by atoms with van der Waals surface area (Å²) in [5.41, 5.74) is -2.09. The highest BCUT2D eigenvalue weighted by Gasteiger charge is 2.64. The first-order valence-corrected chi connectivity index (χ1v) is 20.0. The molecule has 2 aromatic carbocycles. The molecule has 0 amide bonds. The summed E-state index contributed by atoms with van der Waals surface area (Å²) in [6.45, 7) is 3.76. The minimum atomic E-state index is -2.11. The molecule has 4 aromatic rings. The Kier molecular flexibility index (Phi) is 10.0. The average Bonchev–Trinajstić information content (AvgIpc) is 4.09. The predicted molar refractivity (Wildman–Crippen MR) is 203 cm³/mol. The van der Waals surface area contributed by atoms with E-state index in [4.69, 9.17) is 18.5 Å². The van der Waals surface area contributed by atoms with E-state index in [0.717, 1.165) is 63.0 Å². The molecule has 2 saturated heterocycles. The van der Waals surface area contributed by atoms with Crippen molar-refractivity contribution < 1.29 is 53.1 Å². The Morgan fingerprint density at radius 1 is 0.672 bits per heavy atom. The van der Waals surface area contributed by atoms with Crippen molar-refractivity contribution in [2.75, 3.05) is 26.2 Å². The Hall–Kier alpha value is -5.54. The van der Waals surface area contributed by atoms with Gasteiger partial charge in [-0.25, -0.2) is 4.52 Å². The SMILES string of the molecule is O=C1C=CCC2[C@H](N3CCCC3)c3o[nH+]c(OCc4ccccc4)c3C(=O)[C@@]12O.O=C1C=CCC2[C@H](N3CCCC3)c3onc(OCc4ccccc4)c3C(=O)[C@]12O. The number of hydrogen-bond donors (Lipinski definition) is 2. The number of carbonyl (C=O) groups is 4. The second kappa shape index (κ2) is 15.3. The largest absolute Gasteiger partial charge is 0.470 e. The number of allylic oxidation sites excluding steroid dienone is 2. The molecule has 0 bridgehead atoms. The molecule has 2 aliphatic heterocycles. The van der Waals surface area contributed by atoms with E-state index >= 15 is 0 Å². The molecule has 10 rings (SSSR count). The number of aromatic nitrogens is 2.